The molecule has 2 heterocycles. The fourth-order valence-corrected chi connectivity index (χ4v) is 5.52. The summed E-state index contributed by atoms with van der Waals surface area (Å²) in [7, 11) is 0. The lowest BCUT2D eigenvalue weighted by Crippen LogP contribution is -2.51. The molecule has 176 valence electrons. The normalized spacial score (nSPS) is 23.2. The van der Waals surface area contributed by atoms with Crippen LogP contribution in [0.2, 0.25) is 0 Å². The highest BCUT2D eigenvalue weighted by Crippen LogP contribution is 2.32. The third kappa shape index (κ3) is 4.87. The Labute approximate surface area is 197 Å². The van der Waals surface area contributed by atoms with Gasteiger partial charge in [-0.3, -0.25) is 4.79 Å². The highest BCUT2D eigenvalue weighted by atomic mass is 16.5. The number of nitrogens with one attached hydrogen (secondary N) is 2. The molecule has 2 unspecified atom stereocenters. The molecule has 1 amide bonds. The van der Waals surface area contributed by atoms with E-state index < -0.39 is 0 Å². The molecule has 2 aromatic rings. The van der Waals surface area contributed by atoms with E-state index in [0.717, 1.165) is 82.9 Å². The van der Waals surface area contributed by atoms with Crippen molar-refractivity contribution in [3.05, 3.63) is 59.2 Å². The van der Waals surface area contributed by atoms with Crippen molar-refractivity contribution in [2.45, 2.75) is 44.7 Å². The Morgan fingerprint density at radius 3 is 2.73 bits per heavy atom. The number of hydrogen-bond donors (Lipinski definition) is 2. The molecule has 3 aliphatic rings. The monoisotopic (exact) mass is 448 g/mol. The minimum atomic E-state index is 0.0306. The van der Waals surface area contributed by atoms with Crippen LogP contribution in [0.15, 0.2) is 42.5 Å². The molecule has 0 aromatic heterocycles. The van der Waals surface area contributed by atoms with Crippen LogP contribution in [0.3, 0.4) is 0 Å². The lowest BCUT2D eigenvalue weighted by atomic mass is 9.86. The zero-order valence-corrected chi connectivity index (χ0v) is 19.7. The number of hydrogen-bond acceptors (Lipinski definition) is 5. The van der Waals surface area contributed by atoms with E-state index >= 15 is 0 Å². The molecule has 2 saturated heterocycles. The Morgan fingerprint density at radius 2 is 1.94 bits per heavy atom. The summed E-state index contributed by atoms with van der Waals surface area (Å²) < 4.78 is 5.44. The fraction of sp³-hybridized carbons (Fsp3) is 0.519. The van der Waals surface area contributed by atoms with Crippen LogP contribution in [0.5, 0.6) is 0 Å². The Bertz CT molecular complexity index is 955. The number of carbonyl (C=O) groups excluding carboxylic acids is 1. The van der Waals surface area contributed by atoms with Gasteiger partial charge in [-0.25, -0.2) is 0 Å². The van der Waals surface area contributed by atoms with Gasteiger partial charge in [0.05, 0.1) is 13.2 Å². The summed E-state index contributed by atoms with van der Waals surface area (Å²) in [6, 6.07) is 15.5. The maximum absolute atomic E-state index is 13.0. The molecule has 2 aromatic carbocycles. The highest BCUT2D eigenvalue weighted by molar-refractivity contribution is 5.94. The average Bonchev–Trinajstić information content (AvgIpc) is 2.89. The number of carbonyl (C=O) groups is 1. The van der Waals surface area contributed by atoms with Gasteiger partial charge < -0.3 is 25.2 Å². The largest absolute Gasteiger partial charge is 0.378 e. The summed E-state index contributed by atoms with van der Waals surface area (Å²) >= 11 is 0. The SMILES string of the molecule is CCC1CNCCN1c1cccc2c1CC(NC(=O)c1ccc(N3CCOCC3)cc1)CC2. The number of ether oxygens (including phenoxy) is 1. The second-order valence-corrected chi connectivity index (χ2v) is 9.43. The molecular weight excluding hydrogens is 412 g/mol. The highest BCUT2D eigenvalue weighted by Gasteiger charge is 2.28. The van der Waals surface area contributed by atoms with Gasteiger partial charge in [-0.15, -0.1) is 0 Å². The lowest BCUT2D eigenvalue weighted by molar-refractivity contribution is 0.0933. The number of anilines is 2. The van der Waals surface area contributed by atoms with E-state index in [1.54, 1.807) is 0 Å². The van der Waals surface area contributed by atoms with Gasteiger partial charge in [-0.2, -0.15) is 0 Å². The van der Waals surface area contributed by atoms with E-state index in [4.69, 9.17) is 4.74 Å². The summed E-state index contributed by atoms with van der Waals surface area (Å²) in [5.41, 5.74) is 6.14. The molecule has 6 nitrogen and oxygen atoms in total. The van der Waals surface area contributed by atoms with Crippen LogP contribution in [-0.2, 0) is 17.6 Å². The van der Waals surface area contributed by atoms with Crippen molar-refractivity contribution in [1.82, 2.24) is 10.6 Å². The van der Waals surface area contributed by atoms with E-state index in [9.17, 15) is 4.79 Å². The number of nitrogens with zero attached hydrogens (tertiary/aromatic N) is 2. The first-order chi connectivity index (χ1) is 16.2. The van der Waals surface area contributed by atoms with Crippen LogP contribution in [0, 0.1) is 0 Å². The number of benzene rings is 2. The molecule has 2 atom stereocenters. The summed E-state index contributed by atoms with van der Waals surface area (Å²) in [6.07, 6.45) is 4.06. The molecule has 0 radical (unpaired) electrons. The Morgan fingerprint density at radius 1 is 1.12 bits per heavy atom. The fourth-order valence-electron chi connectivity index (χ4n) is 5.52. The topological polar surface area (TPSA) is 56.8 Å². The number of fused-ring (bicyclic) bond motifs is 1. The average molecular weight is 449 g/mol. The van der Waals surface area contributed by atoms with Crippen molar-refractivity contribution in [3.8, 4) is 0 Å². The molecule has 5 rings (SSSR count). The van der Waals surface area contributed by atoms with Crippen LogP contribution in [0.25, 0.3) is 0 Å². The predicted molar refractivity (Wildman–Crippen MR) is 133 cm³/mol. The van der Waals surface area contributed by atoms with Gasteiger partial charge in [-0.1, -0.05) is 19.1 Å². The van der Waals surface area contributed by atoms with Gasteiger partial charge in [0.15, 0.2) is 0 Å². The molecule has 33 heavy (non-hydrogen) atoms. The predicted octanol–water partition coefficient (Wildman–Crippen LogP) is 3.00. The Balaban J connectivity index is 1.27. The zero-order valence-electron chi connectivity index (χ0n) is 19.7. The molecule has 0 spiro atoms. The van der Waals surface area contributed by atoms with Crippen molar-refractivity contribution in [2.24, 2.45) is 0 Å². The van der Waals surface area contributed by atoms with Gasteiger partial charge in [0, 0.05) is 61.7 Å². The Kier molecular flexibility index (Phi) is 6.83. The Hall–Kier alpha value is -2.57. The second-order valence-electron chi connectivity index (χ2n) is 9.43. The molecule has 2 aliphatic heterocycles. The van der Waals surface area contributed by atoms with E-state index in [0.29, 0.717) is 6.04 Å². The van der Waals surface area contributed by atoms with Crippen LogP contribution in [-0.4, -0.2) is 63.9 Å². The molecule has 6 heteroatoms. The second kappa shape index (κ2) is 10.1. The van der Waals surface area contributed by atoms with Crippen LogP contribution >= 0.6 is 0 Å². The van der Waals surface area contributed by atoms with Crippen molar-refractivity contribution < 1.29 is 9.53 Å². The van der Waals surface area contributed by atoms with Crippen molar-refractivity contribution >= 4 is 17.3 Å². The van der Waals surface area contributed by atoms with Crippen molar-refractivity contribution in [3.63, 3.8) is 0 Å². The lowest BCUT2D eigenvalue weighted by Gasteiger charge is -2.40. The molecular formula is C27H36N4O2. The first kappa shape index (κ1) is 22.2. The van der Waals surface area contributed by atoms with Gasteiger partial charge in [0.25, 0.3) is 5.91 Å². The minimum absolute atomic E-state index is 0.0306. The molecule has 0 bridgehead atoms. The van der Waals surface area contributed by atoms with Gasteiger partial charge in [0.1, 0.15) is 0 Å². The summed E-state index contributed by atoms with van der Waals surface area (Å²) in [5, 5.41) is 6.86. The van der Waals surface area contributed by atoms with Crippen molar-refractivity contribution in [1.29, 1.82) is 0 Å². The number of piperazine rings is 1. The maximum Gasteiger partial charge on any atom is 0.251 e. The third-order valence-electron chi connectivity index (χ3n) is 7.43. The van der Waals surface area contributed by atoms with E-state index in [-0.39, 0.29) is 11.9 Å². The molecule has 2 N–H and O–H groups in total. The standard InChI is InChI=1S/C27H36N4O2/c1-2-23-19-28-12-13-31(23)26-5-3-4-20-6-9-22(18-25(20)26)29-27(32)21-7-10-24(11-8-21)30-14-16-33-17-15-30/h3-5,7-8,10-11,22-23,28H,2,6,9,12-19H2,1H3,(H,29,32). The molecule has 0 saturated carbocycles. The summed E-state index contributed by atoms with van der Waals surface area (Å²) in [4.78, 5) is 17.9. The third-order valence-corrected chi connectivity index (χ3v) is 7.43. The smallest absolute Gasteiger partial charge is 0.251 e. The number of aryl methyl sites for hydroxylation is 1. The van der Waals surface area contributed by atoms with Crippen molar-refractivity contribution in [2.75, 3.05) is 55.7 Å². The summed E-state index contributed by atoms with van der Waals surface area (Å²) in [5.74, 6) is 0.0306. The maximum atomic E-state index is 13.0. The van der Waals surface area contributed by atoms with E-state index in [2.05, 4.69) is 57.7 Å². The number of morpholine rings is 1. The van der Waals surface area contributed by atoms with E-state index in [1.807, 2.05) is 12.1 Å². The zero-order chi connectivity index (χ0) is 22.6. The summed E-state index contributed by atoms with van der Waals surface area (Å²) in [6.45, 7) is 8.72. The van der Waals surface area contributed by atoms with Crippen LogP contribution in [0.1, 0.15) is 41.3 Å². The van der Waals surface area contributed by atoms with Gasteiger partial charge >= 0.3 is 0 Å². The van der Waals surface area contributed by atoms with Crippen LogP contribution < -0.4 is 20.4 Å². The van der Waals surface area contributed by atoms with E-state index in [1.165, 1.54) is 16.8 Å². The minimum Gasteiger partial charge on any atom is -0.378 e. The number of rotatable bonds is 5. The first-order valence-electron chi connectivity index (χ1n) is 12.5. The number of amides is 1. The molecule has 2 fully saturated rings. The van der Waals surface area contributed by atoms with Gasteiger partial charge in [-0.05, 0) is 67.1 Å². The van der Waals surface area contributed by atoms with Gasteiger partial charge in [0.2, 0.25) is 0 Å². The van der Waals surface area contributed by atoms with Crippen LogP contribution in [0.4, 0.5) is 11.4 Å². The first-order valence-corrected chi connectivity index (χ1v) is 12.5. The quantitative estimate of drug-likeness (QED) is 0.737. The molecule has 1 aliphatic carbocycles.